The van der Waals surface area contributed by atoms with Crippen LogP contribution in [0.3, 0.4) is 0 Å². The molecule has 1 amide bonds. The van der Waals surface area contributed by atoms with Crippen LogP contribution in [0, 0.1) is 0 Å². The van der Waals surface area contributed by atoms with E-state index in [1.807, 2.05) is 4.90 Å². The van der Waals surface area contributed by atoms with E-state index in [-0.39, 0.29) is 22.9 Å². The molecule has 3 atom stereocenters. The monoisotopic (exact) mass is 371 g/mol. The maximum Gasteiger partial charge on any atom is 0.241 e. The highest BCUT2D eigenvalue weighted by molar-refractivity contribution is 7.89. The molecular formula is C16H22ClN3O3S. The first-order valence-corrected chi connectivity index (χ1v) is 10.1. The van der Waals surface area contributed by atoms with Gasteiger partial charge in [0.25, 0.3) is 0 Å². The van der Waals surface area contributed by atoms with E-state index in [1.165, 1.54) is 24.3 Å². The van der Waals surface area contributed by atoms with Gasteiger partial charge in [-0.05, 0) is 57.0 Å². The van der Waals surface area contributed by atoms with Crippen LogP contribution >= 0.6 is 11.6 Å². The van der Waals surface area contributed by atoms with E-state index in [0.29, 0.717) is 5.02 Å². The normalized spacial score (nSPS) is 25.3. The van der Waals surface area contributed by atoms with Gasteiger partial charge in [0.2, 0.25) is 15.9 Å². The van der Waals surface area contributed by atoms with Gasteiger partial charge in [-0.25, -0.2) is 8.42 Å². The second kappa shape index (κ2) is 7.00. The molecule has 0 aromatic heterocycles. The number of nitrogens with zero attached hydrogens (tertiary/aromatic N) is 1. The molecule has 0 saturated carbocycles. The van der Waals surface area contributed by atoms with Crippen molar-refractivity contribution in [3.8, 4) is 0 Å². The third-order valence-corrected chi connectivity index (χ3v) is 6.54. The molecule has 3 unspecified atom stereocenters. The molecule has 2 N–H and O–H groups in total. The zero-order valence-electron chi connectivity index (χ0n) is 13.5. The van der Waals surface area contributed by atoms with Crippen molar-refractivity contribution in [2.75, 3.05) is 13.1 Å². The Labute approximate surface area is 147 Å². The number of benzene rings is 1. The first kappa shape index (κ1) is 17.7. The lowest BCUT2D eigenvalue weighted by Crippen LogP contribution is -2.51. The number of rotatable bonds is 4. The van der Waals surface area contributed by atoms with Gasteiger partial charge in [-0.15, -0.1) is 0 Å². The van der Waals surface area contributed by atoms with Crippen molar-refractivity contribution >= 4 is 27.5 Å². The van der Waals surface area contributed by atoms with Gasteiger partial charge >= 0.3 is 0 Å². The molecule has 1 aromatic carbocycles. The molecule has 0 spiro atoms. The van der Waals surface area contributed by atoms with Crippen molar-refractivity contribution in [1.82, 2.24) is 14.9 Å². The van der Waals surface area contributed by atoms with Crippen LogP contribution in [0.15, 0.2) is 29.2 Å². The van der Waals surface area contributed by atoms with Gasteiger partial charge in [0, 0.05) is 23.7 Å². The topological polar surface area (TPSA) is 78.5 Å². The molecule has 1 aromatic rings. The molecule has 2 bridgehead atoms. The fraction of sp³-hybridized carbons (Fsp3) is 0.562. The molecule has 8 heteroatoms. The van der Waals surface area contributed by atoms with Crippen LogP contribution in [0.4, 0.5) is 0 Å². The zero-order chi connectivity index (χ0) is 17.3. The van der Waals surface area contributed by atoms with E-state index >= 15 is 0 Å². The summed E-state index contributed by atoms with van der Waals surface area (Å²) in [5.41, 5.74) is 0. The van der Waals surface area contributed by atoms with Crippen molar-refractivity contribution in [2.24, 2.45) is 0 Å². The Morgan fingerprint density at radius 1 is 1.25 bits per heavy atom. The molecule has 0 aliphatic carbocycles. The summed E-state index contributed by atoms with van der Waals surface area (Å²) in [7, 11) is -3.76. The van der Waals surface area contributed by atoms with Gasteiger partial charge in [-0.2, -0.15) is 4.72 Å². The van der Waals surface area contributed by atoms with Crippen molar-refractivity contribution in [2.45, 2.75) is 49.2 Å². The maximum absolute atomic E-state index is 12.8. The van der Waals surface area contributed by atoms with Gasteiger partial charge in [0.15, 0.2) is 0 Å². The smallest absolute Gasteiger partial charge is 0.241 e. The van der Waals surface area contributed by atoms with Crippen molar-refractivity contribution in [3.05, 3.63) is 29.3 Å². The van der Waals surface area contributed by atoms with Crippen LogP contribution in [0.5, 0.6) is 0 Å². The van der Waals surface area contributed by atoms with E-state index in [1.54, 1.807) is 6.92 Å². The van der Waals surface area contributed by atoms with Crippen LogP contribution in [0.1, 0.15) is 26.2 Å². The largest absolute Gasteiger partial charge is 0.334 e. The molecule has 132 valence electrons. The fourth-order valence-electron chi connectivity index (χ4n) is 3.53. The van der Waals surface area contributed by atoms with Crippen molar-refractivity contribution in [3.63, 3.8) is 0 Å². The average molecular weight is 372 g/mol. The lowest BCUT2D eigenvalue weighted by atomic mass is 10.1. The highest BCUT2D eigenvalue weighted by Crippen LogP contribution is 2.28. The van der Waals surface area contributed by atoms with E-state index < -0.39 is 16.1 Å². The van der Waals surface area contributed by atoms with E-state index in [0.717, 1.165) is 32.4 Å². The number of carbonyl (C=O) groups is 1. The lowest BCUT2D eigenvalue weighted by Gasteiger charge is -2.30. The highest BCUT2D eigenvalue weighted by atomic mass is 35.5. The van der Waals surface area contributed by atoms with Crippen molar-refractivity contribution in [1.29, 1.82) is 0 Å². The predicted octanol–water partition coefficient (Wildman–Crippen LogP) is 1.36. The minimum Gasteiger partial charge on any atom is -0.334 e. The Balaban J connectivity index is 1.73. The van der Waals surface area contributed by atoms with E-state index in [4.69, 9.17) is 11.6 Å². The van der Waals surface area contributed by atoms with Crippen LogP contribution < -0.4 is 10.0 Å². The molecular weight excluding hydrogens is 350 g/mol. The number of sulfonamides is 1. The Bertz CT molecular complexity index is 694. The molecule has 2 aliphatic rings. The second-order valence-corrected chi connectivity index (χ2v) is 8.57. The first-order chi connectivity index (χ1) is 11.4. The van der Waals surface area contributed by atoms with Gasteiger partial charge in [0.1, 0.15) is 0 Å². The van der Waals surface area contributed by atoms with Crippen LogP contribution in [-0.2, 0) is 14.8 Å². The number of carbonyl (C=O) groups excluding carboxylic acids is 1. The van der Waals surface area contributed by atoms with Crippen LogP contribution in [0.2, 0.25) is 5.02 Å². The summed E-state index contributed by atoms with van der Waals surface area (Å²) in [6.07, 6.45) is 2.88. The van der Waals surface area contributed by atoms with Gasteiger partial charge in [-0.1, -0.05) is 11.6 Å². The minimum atomic E-state index is -3.76. The molecule has 6 nitrogen and oxygen atoms in total. The van der Waals surface area contributed by atoms with Gasteiger partial charge in [-0.3, -0.25) is 4.79 Å². The summed E-state index contributed by atoms with van der Waals surface area (Å²) in [5.74, 6) is -0.149. The summed E-state index contributed by atoms with van der Waals surface area (Å²) in [5, 5.41) is 3.80. The van der Waals surface area contributed by atoms with Crippen molar-refractivity contribution < 1.29 is 13.2 Å². The number of nitrogens with one attached hydrogen (secondary N) is 2. The van der Waals surface area contributed by atoms with Crippen LogP contribution in [0.25, 0.3) is 0 Å². The van der Waals surface area contributed by atoms with Crippen LogP contribution in [-0.4, -0.2) is 50.4 Å². The molecule has 2 heterocycles. The summed E-state index contributed by atoms with van der Waals surface area (Å²) < 4.78 is 27.4. The second-order valence-electron chi connectivity index (χ2n) is 6.42. The molecule has 24 heavy (non-hydrogen) atoms. The zero-order valence-corrected chi connectivity index (χ0v) is 15.1. The fourth-order valence-corrected chi connectivity index (χ4v) is 4.85. The van der Waals surface area contributed by atoms with E-state index in [9.17, 15) is 13.2 Å². The summed E-state index contributed by atoms with van der Waals surface area (Å²) in [4.78, 5) is 14.8. The Kier molecular flexibility index (Phi) is 5.15. The van der Waals surface area contributed by atoms with E-state index in [2.05, 4.69) is 10.0 Å². The van der Waals surface area contributed by atoms with Gasteiger partial charge in [0.05, 0.1) is 10.9 Å². The average Bonchev–Trinajstić information content (AvgIpc) is 2.79. The molecule has 2 saturated heterocycles. The lowest BCUT2D eigenvalue weighted by molar-refractivity contribution is -0.135. The maximum atomic E-state index is 12.8. The molecule has 2 fully saturated rings. The SMILES string of the molecule is CC(NS(=O)(=O)c1ccc(Cl)cc1)C(=O)N1C2CCNCC1CC2. The number of hydrogen-bond acceptors (Lipinski definition) is 4. The first-order valence-electron chi connectivity index (χ1n) is 8.19. The standard InChI is InChI=1S/C16H22ClN3O3S/c1-11(19-24(22,23)15-6-2-12(17)3-7-15)16(21)20-13-4-5-14(20)10-18-9-8-13/h2-3,6-7,11,13-14,18-19H,4-5,8-10H2,1H3. The number of halogens is 1. The number of amides is 1. The molecule has 3 rings (SSSR count). The summed E-state index contributed by atoms with van der Waals surface area (Å²) >= 11 is 5.79. The summed E-state index contributed by atoms with van der Waals surface area (Å²) in [6, 6.07) is 5.47. The highest BCUT2D eigenvalue weighted by Gasteiger charge is 2.40. The number of fused-ring (bicyclic) bond motifs is 2. The number of hydrogen-bond donors (Lipinski definition) is 2. The minimum absolute atomic E-state index is 0.104. The quantitative estimate of drug-likeness (QED) is 0.837. The Morgan fingerprint density at radius 3 is 2.62 bits per heavy atom. The Hall–Kier alpha value is -1.15. The Morgan fingerprint density at radius 2 is 1.92 bits per heavy atom. The molecule has 0 radical (unpaired) electrons. The third-order valence-electron chi connectivity index (χ3n) is 4.73. The summed E-state index contributed by atoms with van der Waals surface area (Å²) in [6.45, 7) is 3.28. The third kappa shape index (κ3) is 3.59. The molecule has 2 aliphatic heterocycles. The predicted molar refractivity (Wildman–Crippen MR) is 92.4 cm³/mol. The van der Waals surface area contributed by atoms with Gasteiger partial charge < -0.3 is 10.2 Å².